The molecule has 1 N–H and O–H groups in total. The molecule has 154 valence electrons. The van der Waals surface area contributed by atoms with Gasteiger partial charge in [0, 0.05) is 17.3 Å². The zero-order valence-corrected chi connectivity index (χ0v) is 17.3. The summed E-state index contributed by atoms with van der Waals surface area (Å²) in [6.45, 7) is 3.74. The number of carbonyl (C=O) groups is 2. The van der Waals surface area contributed by atoms with Crippen LogP contribution in [0.25, 0.3) is 0 Å². The number of nitrogens with one attached hydrogen (secondary N) is 1. The van der Waals surface area contributed by atoms with Gasteiger partial charge in [0.15, 0.2) is 5.13 Å². The summed E-state index contributed by atoms with van der Waals surface area (Å²) in [6, 6.07) is 9.06. The van der Waals surface area contributed by atoms with Crippen molar-refractivity contribution < 1.29 is 14.3 Å². The van der Waals surface area contributed by atoms with E-state index in [0.717, 1.165) is 5.56 Å². The number of ether oxygens (including phenoxy) is 1. The summed E-state index contributed by atoms with van der Waals surface area (Å²) in [6.07, 6.45) is 3.03. The quantitative estimate of drug-likeness (QED) is 0.607. The van der Waals surface area contributed by atoms with Gasteiger partial charge in [0.05, 0.1) is 12.2 Å². The molecule has 1 aromatic carbocycles. The topological polar surface area (TPSA) is 102 Å². The smallest absolute Gasteiger partial charge is 0.338 e. The van der Waals surface area contributed by atoms with E-state index >= 15 is 0 Å². The highest BCUT2D eigenvalue weighted by Crippen LogP contribution is 2.38. The van der Waals surface area contributed by atoms with Crippen molar-refractivity contribution in [2.24, 2.45) is 0 Å². The van der Waals surface area contributed by atoms with Gasteiger partial charge in [0.25, 0.3) is 0 Å². The fourth-order valence-electron chi connectivity index (χ4n) is 3.42. The minimum absolute atomic E-state index is 0.0471. The zero-order valence-electron chi connectivity index (χ0n) is 16.5. The van der Waals surface area contributed by atoms with Crippen LogP contribution in [0, 0.1) is 0 Å². The Hall–Kier alpha value is -3.53. The molecule has 0 spiro atoms. The van der Waals surface area contributed by atoms with E-state index in [4.69, 9.17) is 4.74 Å². The number of carbonyl (C=O) groups excluding carboxylic acids is 2. The molecule has 1 atom stereocenters. The highest BCUT2D eigenvalue weighted by atomic mass is 32.1. The lowest BCUT2D eigenvalue weighted by atomic mass is 9.95. The Labute approximate surface area is 177 Å². The number of esters is 1. The average molecular weight is 424 g/mol. The number of amides is 1. The standard InChI is InChI=1S/C20H20N6O3S/c1-3-29-18(28)16-13(2)25(11-15(27)24-19-21-9-10-30-19)20-22-12-23-26(20)17(16)14-7-5-4-6-8-14/h4-10,12,17H,3,11H2,1-2H3,(H,21,24,27). The summed E-state index contributed by atoms with van der Waals surface area (Å²) in [5.74, 6) is -0.251. The fourth-order valence-corrected chi connectivity index (χ4v) is 3.97. The molecule has 2 aromatic heterocycles. The third kappa shape index (κ3) is 3.69. The lowest BCUT2D eigenvalue weighted by Gasteiger charge is -2.34. The van der Waals surface area contributed by atoms with Crippen LogP contribution in [-0.4, -0.2) is 44.8 Å². The largest absolute Gasteiger partial charge is 0.463 e. The van der Waals surface area contributed by atoms with Gasteiger partial charge in [-0.15, -0.1) is 11.3 Å². The Kier molecular flexibility index (Phi) is 5.57. The predicted octanol–water partition coefficient (Wildman–Crippen LogP) is 2.62. The van der Waals surface area contributed by atoms with Gasteiger partial charge >= 0.3 is 5.97 Å². The number of anilines is 2. The first-order valence-electron chi connectivity index (χ1n) is 9.39. The summed E-state index contributed by atoms with van der Waals surface area (Å²) >= 11 is 1.33. The number of aromatic nitrogens is 4. The van der Waals surface area contributed by atoms with Gasteiger partial charge < -0.3 is 15.0 Å². The molecular weight excluding hydrogens is 404 g/mol. The van der Waals surface area contributed by atoms with Crippen LogP contribution >= 0.6 is 11.3 Å². The second-order valence-electron chi connectivity index (χ2n) is 6.51. The number of nitrogens with zero attached hydrogens (tertiary/aromatic N) is 5. The molecule has 0 fully saturated rings. The number of hydrogen-bond acceptors (Lipinski definition) is 8. The third-order valence-electron chi connectivity index (χ3n) is 4.70. The number of benzene rings is 1. The van der Waals surface area contributed by atoms with Crippen molar-refractivity contribution in [1.29, 1.82) is 0 Å². The third-order valence-corrected chi connectivity index (χ3v) is 5.39. The van der Waals surface area contributed by atoms with E-state index in [9.17, 15) is 9.59 Å². The van der Waals surface area contributed by atoms with Crippen molar-refractivity contribution in [3.63, 3.8) is 0 Å². The minimum atomic E-state index is -0.499. The molecular formula is C20H20N6O3S. The van der Waals surface area contributed by atoms with Crippen LogP contribution < -0.4 is 10.2 Å². The average Bonchev–Trinajstić information content (AvgIpc) is 3.42. The molecule has 0 radical (unpaired) electrons. The molecule has 3 heterocycles. The van der Waals surface area contributed by atoms with Crippen LogP contribution in [0.15, 0.2) is 59.5 Å². The summed E-state index contributed by atoms with van der Waals surface area (Å²) < 4.78 is 6.98. The molecule has 0 bridgehead atoms. The van der Waals surface area contributed by atoms with Gasteiger partial charge in [-0.25, -0.2) is 14.5 Å². The van der Waals surface area contributed by atoms with Crippen molar-refractivity contribution in [1.82, 2.24) is 19.7 Å². The number of fused-ring (bicyclic) bond motifs is 1. The first-order valence-corrected chi connectivity index (χ1v) is 10.3. The lowest BCUT2D eigenvalue weighted by Crippen LogP contribution is -2.40. The van der Waals surface area contributed by atoms with Crippen molar-refractivity contribution in [3.8, 4) is 0 Å². The van der Waals surface area contributed by atoms with Crippen LogP contribution in [0.1, 0.15) is 25.5 Å². The normalized spacial score (nSPS) is 15.7. The predicted molar refractivity (Wildman–Crippen MR) is 112 cm³/mol. The molecule has 1 unspecified atom stereocenters. The van der Waals surface area contributed by atoms with Gasteiger partial charge in [0.2, 0.25) is 11.9 Å². The minimum Gasteiger partial charge on any atom is -0.463 e. The Bertz CT molecular complexity index is 1080. The molecule has 10 heteroatoms. The maximum atomic E-state index is 12.9. The summed E-state index contributed by atoms with van der Waals surface area (Å²) in [5, 5.41) is 9.40. The van der Waals surface area contributed by atoms with E-state index in [2.05, 4.69) is 20.4 Å². The van der Waals surface area contributed by atoms with Gasteiger partial charge in [-0.3, -0.25) is 4.79 Å². The fraction of sp³-hybridized carbons (Fsp3) is 0.250. The molecule has 3 aromatic rings. The number of hydrogen-bond donors (Lipinski definition) is 1. The Morgan fingerprint density at radius 2 is 2.03 bits per heavy atom. The van der Waals surface area contributed by atoms with Gasteiger partial charge in [0.1, 0.15) is 18.9 Å². The maximum absolute atomic E-state index is 12.9. The van der Waals surface area contributed by atoms with Gasteiger partial charge in [-0.05, 0) is 19.4 Å². The van der Waals surface area contributed by atoms with E-state index < -0.39 is 12.0 Å². The highest BCUT2D eigenvalue weighted by molar-refractivity contribution is 7.13. The molecule has 1 aliphatic heterocycles. The van der Waals surface area contributed by atoms with Crippen LogP contribution in [0.5, 0.6) is 0 Å². The van der Waals surface area contributed by atoms with Crippen LogP contribution in [0.4, 0.5) is 11.1 Å². The maximum Gasteiger partial charge on any atom is 0.338 e. The summed E-state index contributed by atoms with van der Waals surface area (Å²) in [7, 11) is 0. The van der Waals surface area contributed by atoms with E-state index in [0.29, 0.717) is 22.4 Å². The molecule has 4 rings (SSSR count). The van der Waals surface area contributed by atoms with Crippen molar-refractivity contribution >= 4 is 34.3 Å². The van der Waals surface area contributed by atoms with Crippen molar-refractivity contribution in [2.75, 3.05) is 23.4 Å². The second-order valence-corrected chi connectivity index (χ2v) is 7.40. The Morgan fingerprint density at radius 1 is 1.23 bits per heavy atom. The monoisotopic (exact) mass is 424 g/mol. The van der Waals surface area contributed by atoms with Crippen molar-refractivity contribution in [3.05, 3.63) is 65.1 Å². The molecule has 1 amide bonds. The van der Waals surface area contributed by atoms with Gasteiger partial charge in [-0.1, -0.05) is 30.3 Å². The van der Waals surface area contributed by atoms with Crippen LogP contribution in [0.2, 0.25) is 0 Å². The molecule has 0 aliphatic carbocycles. The van der Waals surface area contributed by atoms with Crippen LogP contribution in [-0.2, 0) is 14.3 Å². The highest BCUT2D eigenvalue weighted by Gasteiger charge is 2.38. The summed E-state index contributed by atoms with van der Waals surface area (Å²) in [4.78, 5) is 35.7. The van der Waals surface area contributed by atoms with E-state index in [1.54, 1.807) is 35.0 Å². The second kappa shape index (κ2) is 8.46. The molecule has 0 saturated carbocycles. The number of thiazole rings is 1. The molecule has 1 aliphatic rings. The van der Waals surface area contributed by atoms with Crippen molar-refractivity contribution in [2.45, 2.75) is 19.9 Å². The first-order chi connectivity index (χ1) is 14.6. The Balaban J connectivity index is 1.75. The first kappa shape index (κ1) is 19.8. The van der Waals surface area contributed by atoms with E-state index in [-0.39, 0.29) is 19.1 Å². The summed E-state index contributed by atoms with van der Waals surface area (Å²) in [5.41, 5.74) is 1.89. The van der Waals surface area contributed by atoms with Crippen LogP contribution in [0.3, 0.4) is 0 Å². The SMILES string of the molecule is CCOC(=O)C1=C(C)N(CC(=O)Nc2nccs2)c2ncnn2C1c1ccccc1. The number of rotatable bonds is 6. The molecule has 9 nitrogen and oxygen atoms in total. The molecule has 30 heavy (non-hydrogen) atoms. The lowest BCUT2D eigenvalue weighted by molar-refractivity contribution is -0.139. The van der Waals surface area contributed by atoms with Gasteiger partial charge in [-0.2, -0.15) is 10.1 Å². The Morgan fingerprint density at radius 3 is 2.73 bits per heavy atom. The molecule has 0 saturated heterocycles. The number of allylic oxidation sites excluding steroid dienone is 1. The zero-order chi connectivity index (χ0) is 21.1. The van der Waals surface area contributed by atoms with E-state index in [1.807, 2.05) is 30.3 Å². The van der Waals surface area contributed by atoms with E-state index in [1.165, 1.54) is 17.7 Å².